The molecule has 2 aromatic heterocycles. The van der Waals surface area contributed by atoms with E-state index in [1.165, 1.54) is 10.9 Å². The first-order valence-electron chi connectivity index (χ1n) is 5.25. The standard InChI is InChI=1S/C13H10INO/c1-2-8-3-4-11-10(7-8)9-5-6-15-13(14)12(9)16-11/h3-7H,2H2,1H3. The molecule has 0 saturated heterocycles. The van der Waals surface area contributed by atoms with E-state index in [1.807, 2.05) is 18.3 Å². The Morgan fingerprint density at radius 2 is 2.12 bits per heavy atom. The fourth-order valence-corrected chi connectivity index (χ4v) is 2.50. The number of rotatable bonds is 1. The Hall–Kier alpha value is -1.10. The molecule has 2 heterocycles. The SMILES string of the molecule is CCc1ccc2oc3c(I)nccc3c2c1. The highest BCUT2D eigenvalue weighted by Gasteiger charge is 2.09. The number of halogens is 1. The fourth-order valence-electron chi connectivity index (χ4n) is 1.94. The molecule has 2 nitrogen and oxygen atoms in total. The van der Waals surface area contributed by atoms with Gasteiger partial charge in [0.25, 0.3) is 0 Å². The highest BCUT2D eigenvalue weighted by atomic mass is 127. The minimum atomic E-state index is 0.895. The molecule has 0 radical (unpaired) electrons. The monoisotopic (exact) mass is 323 g/mol. The molecule has 3 heteroatoms. The van der Waals surface area contributed by atoms with E-state index in [2.05, 4.69) is 46.6 Å². The van der Waals surface area contributed by atoms with Crippen LogP contribution in [0.5, 0.6) is 0 Å². The van der Waals surface area contributed by atoms with Gasteiger partial charge in [-0.3, -0.25) is 0 Å². The molecule has 0 aliphatic carbocycles. The fraction of sp³-hybridized carbons (Fsp3) is 0.154. The number of furan rings is 1. The van der Waals surface area contributed by atoms with Crippen molar-refractivity contribution in [2.45, 2.75) is 13.3 Å². The van der Waals surface area contributed by atoms with Crippen LogP contribution in [0.4, 0.5) is 0 Å². The Labute approximate surface area is 107 Å². The number of pyridine rings is 1. The maximum absolute atomic E-state index is 5.81. The van der Waals surface area contributed by atoms with Crippen molar-refractivity contribution in [2.24, 2.45) is 0 Å². The maximum Gasteiger partial charge on any atom is 0.167 e. The van der Waals surface area contributed by atoms with Crippen molar-refractivity contribution < 1.29 is 4.42 Å². The predicted octanol–water partition coefficient (Wildman–Crippen LogP) is 4.15. The van der Waals surface area contributed by atoms with Crippen LogP contribution in [-0.4, -0.2) is 4.98 Å². The highest BCUT2D eigenvalue weighted by Crippen LogP contribution is 2.31. The lowest BCUT2D eigenvalue weighted by Gasteiger charge is -1.95. The lowest BCUT2D eigenvalue weighted by atomic mass is 10.1. The molecule has 16 heavy (non-hydrogen) atoms. The minimum Gasteiger partial charge on any atom is -0.453 e. The summed E-state index contributed by atoms with van der Waals surface area (Å²) in [4.78, 5) is 4.24. The van der Waals surface area contributed by atoms with Crippen LogP contribution in [0, 0.1) is 3.70 Å². The van der Waals surface area contributed by atoms with Crippen LogP contribution in [-0.2, 0) is 6.42 Å². The topological polar surface area (TPSA) is 26.0 Å². The zero-order valence-electron chi connectivity index (χ0n) is 8.83. The first-order chi connectivity index (χ1) is 7.79. The van der Waals surface area contributed by atoms with Crippen molar-refractivity contribution >= 4 is 44.5 Å². The molecule has 0 unspecified atom stereocenters. The minimum absolute atomic E-state index is 0.895. The van der Waals surface area contributed by atoms with Gasteiger partial charge in [0, 0.05) is 17.0 Å². The molecule has 0 aliphatic heterocycles. The number of nitrogens with zero attached hydrogens (tertiary/aromatic N) is 1. The van der Waals surface area contributed by atoms with Gasteiger partial charge >= 0.3 is 0 Å². The van der Waals surface area contributed by atoms with Gasteiger partial charge in [-0.15, -0.1) is 0 Å². The predicted molar refractivity (Wildman–Crippen MR) is 73.6 cm³/mol. The third kappa shape index (κ3) is 1.42. The average Bonchev–Trinajstić information content (AvgIpc) is 2.68. The van der Waals surface area contributed by atoms with Gasteiger partial charge in [0.05, 0.1) is 0 Å². The normalized spacial score (nSPS) is 11.4. The highest BCUT2D eigenvalue weighted by molar-refractivity contribution is 14.1. The van der Waals surface area contributed by atoms with Crippen molar-refractivity contribution in [3.8, 4) is 0 Å². The number of benzene rings is 1. The van der Waals surface area contributed by atoms with E-state index in [-0.39, 0.29) is 0 Å². The van der Waals surface area contributed by atoms with Crippen molar-refractivity contribution in [1.29, 1.82) is 0 Å². The van der Waals surface area contributed by atoms with Crippen LogP contribution in [0.1, 0.15) is 12.5 Å². The molecule has 3 aromatic rings. The molecule has 0 N–H and O–H groups in total. The second-order valence-electron chi connectivity index (χ2n) is 3.76. The summed E-state index contributed by atoms with van der Waals surface area (Å²) in [5.74, 6) is 0. The second-order valence-corrected chi connectivity index (χ2v) is 4.79. The van der Waals surface area contributed by atoms with Gasteiger partial charge < -0.3 is 4.42 Å². The molecule has 1 aromatic carbocycles. The number of aromatic nitrogens is 1. The molecule has 0 saturated carbocycles. The summed E-state index contributed by atoms with van der Waals surface area (Å²) in [7, 11) is 0. The van der Waals surface area contributed by atoms with Crippen molar-refractivity contribution in [1.82, 2.24) is 4.98 Å². The van der Waals surface area contributed by atoms with E-state index >= 15 is 0 Å². The molecule has 80 valence electrons. The molecule has 0 aliphatic rings. The smallest absolute Gasteiger partial charge is 0.167 e. The molecule has 0 bridgehead atoms. The van der Waals surface area contributed by atoms with E-state index in [1.54, 1.807) is 0 Å². The molecule has 0 spiro atoms. The van der Waals surface area contributed by atoms with E-state index in [9.17, 15) is 0 Å². The third-order valence-corrected chi connectivity index (χ3v) is 3.58. The first kappa shape index (κ1) is 10.1. The van der Waals surface area contributed by atoms with Gasteiger partial charge in [0.15, 0.2) is 5.58 Å². The number of hydrogen-bond donors (Lipinski definition) is 0. The summed E-state index contributed by atoms with van der Waals surface area (Å²) in [6.45, 7) is 2.16. The Morgan fingerprint density at radius 3 is 2.94 bits per heavy atom. The number of fused-ring (bicyclic) bond motifs is 3. The third-order valence-electron chi connectivity index (χ3n) is 2.82. The molecule has 0 amide bonds. The van der Waals surface area contributed by atoms with Crippen LogP contribution in [0.2, 0.25) is 0 Å². The summed E-state index contributed by atoms with van der Waals surface area (Å²) in [6.07, 6.45) is 2.88. The van der Waals surface area contributed by atoms with Crippen molar-refractivity contribution in [3.05, 3.63) is 39.7 Å². The Bertz CT molecular complexity index is 672. The van der Waals surface area contributed by atoms with Crippen LogP contribution in [0.25, 0.3) is 21.9 Å². The van der Waals surface area contributed by atoms with E-state index in [4.69, 9.17) is 4.42 Å². The largest absolute Gasteiger partial charge is 0.453 e. The lowest BCUT2D eigenvalue weighted by Crippen LogP contribution is -1.79. The quantitative estimate of drug-likeness (QED) is 0.497. The Kier molecular flexibility index (Phi) is 2.35. The number of hydrogen-bond acceptors (Lipinski definition) is 2. The second kappa shape index (κ2) is 3.73. The molecule has 0 fully saturated rings. The molecular formula is C13H10INO. The maximum atomic E-state index is 5.81. The van der Waals surface area contributed by atoms with Gasteiger partial charge in [0.1, 0.15) is 9.28 Å². The summed E-state index contributed by atoms with van der Waals surface area (Å²) in [5, 5.41) is 2.35. The average molecular weight is 323 g/mol. The summed E-state index contributed by atoms with van der Waals surface area (Å²) < 4.78 is 6.73. The van der Waals surface area contributed by atoms with E-state index < -0.39 is 0 Å². The van der Waals surface area contributed by atoms with E-state index in [0.29, 0.717) is 0 Å². The van der Waals surface area contributed by atoms with Crippen LogP contribution in [0.15, 0.2) is 34.9 Å². The Morgan fingerprint density at radius 1 is 1.25 bits per heavy atom. The van der Waals surface area contributed by atoms with Crippen LogP contribution < -0.4 is 0 Å². The van der Waals surface area contributed by atoms with Gasteiger partial charge in [-0.1, -0.05) is 13.0 Å². The molecule has 3 rings (SSSR count). The first-order valence-corrected chi connectivity index (χ1v) is 6.33. The van der Waals surface area contributed by atoms with Crippen molar-refractivity contribution in [3.63, 3.8) is 0 Å². The Balaban J connectivity index is 2.47. The van der Waals surface area contributed by atoms with Gasteiger partial charge in [-0.2, -0.15) is 0 Å². The van der Waals surface area contributed by atoms with Gasteiger partial charge in [-0.25, -0.2) is 4.98 Å². The van der Waals surface area contributed by atoms with Gasteiger partial charge in [0.2, 0.25) is 0 Å². The zero-order valence-corrected chi connectivity index (χ0v) is 11.0. The number of aryl methyl sites for hydroxylation is 1. The summed E-state index contributed by atoms with van der Waals surface area (Å²) in [5.41, 5.74) is 3.17. The van der Waals surface area contributed by atoms with Gasteiger partial charge in [-0.05, 0) is 52.8 Å². The lowest BCUT2D eigenvalue weighted by molar-refractivity contribution is 0.663. The van der Waals surface area contributed by atoms with Crippen LogP contribution >= 0.6 is 22.6 Å². The molecular weight excluding hydrogens is 313 g/mol. The van der Waals surface area contributed by atoms with E-state index in [0.717, 1.165) is 26.7 Å². The summed E-state index contributed by atoms with van der Waals surface area (Å²) in [6, 6.07) is 8.38. The molecule has 0 atom stereocenters. The zero-order chi connectivity index (χ0) is 11.1. The van der Waals surface area contributed by atoms with Crippen LogP contribution in [0.3, 0.4) is 0 Å². The summed E-state index contributed by atoms with van der Waals surface area (Å²) >= 11 is 2.21. The van der Waals surface area contributed by atoms with Crippen molar-refractivity contribution in [2.75, 3.05) is 0 Å².